The van der Waals surface area contributed by atoms with Crippen LogP contribution in [0.15, 0.2) is 6.20 Å². The van der Waals surface area contributed by atoms with Gasteiger partial charge in [0, 0.05) is 24.8 Å². The Kier molecular flexibility index (Phi) is 3.97. The molecule has 0 aliphatic carbocycles. The molecule has 0 saturated heterocycles. The summed E-state index contributed by atoms with van der Waals surface area (Å²) < 4.78 is 40.8. The van der Waals surface area contributed by atoms with Crippen LogP contribution in [0.5, 0.6) is 0 Å². The lowest BCUT2D eigenvalue weighted by Crippen LogP contribution is -2.28. The van der Waals surface area contributed by atoms with E-state index in [-0.39, 0.29) is 6.54 Å². The number of carbonyl (C=O) groups is 1. The third kappa shape index (κ3) is 4.33. The SMILES string of the molecule is Cc1c(CNC(=O)OCC(F)(F)F)cnn1C. The van der Waals surface area contributed by atoms with Gasteiger partial charge >= 0.3 is 12.3 Å². The van der Waals surface area contributed by atoms with Crippen LogP contribution in [0.25, 0.3) is 0 Å². The van der Waals surface area contributed by atoms with Gasteiger partial charge in [-0.05, 0) is 6.92 Å². The zero-order valence-electron chi connectivity index (χ0n) is 9.34. The second kappa shape index (κ2) is 5.07. The Bertz CT molecular complexity index is 401. The van der Waals surface area contributed by atoms with E-state index in [1.807, 2.05) is 0 Å². The summed E-state index contributed by atoms with van der Waals surface area (Å²) in [6.45, 7) is 0.270. The van der Waals surface area contributed by atoms with Gasteiger partial charge in [-0.2, -0.15) is 18.3 Å². The zero-order valence-corrected chi connectivity index (χ0v) is 9.34. The van der Waals surface area contributed by atoms with Gasteiger partial charge < -0.3 is 10.1 Å². The molecule has 0 radical (unpaired) electrons. The summed E-state index contributed by atoms with van der Waals surface area (Å²) in [5, 5.41) is 6.14. The predicted molar refractivity (Wildman–Crippen MR) is 52.2 cm³/mol. The lowest BCUT2D eigenvalue weighted by atomic mass is 10.2. The highest BCUT2D eigenvalue weighted by Crippen LogP contribution is 2.14. The van der Waals surface area contributed by atoms with Crippen molar-refractivity contribution in [2.75, 3.05) is 6.61 Å². The number of hydrogen-bond acceptors (Lipinski definition) is 3. The van der Waals surface area contributed by atoms with Gasteiger partial charge in [0.15, 0.2) is 6.61 Å². The van der Waals surface area contributed by atoms with E-state index in [0.717, 1.165) is 11.3 Å². The number of rotatable bonds is 3. The number of aromatic nitrogens is 2. The van der Waals surface area contributed by atoms with Gasteiger partial charge in [-0.25, -0.2) is 4.79 Å². The van der Waals surface area contributed by atoms with Crippen LogP contribution >= 0.6 is 0 Å². The molecule has 0 aliphatic rings. The summed E-state index contributed by atoms with van der Waals surface area (Å²) in [7, 11) is 1.72. The molecule has 0 spiro atoms. The first kappa shape index (κ1) is 13.3. The molecular weight excluding hydrogens is 239 g/mol. The van der Waals surface area contributed by atoms with Crippen molar-refractivity contribution in [1.82, 2.24) is 15.1 Å². The molecule has 0 fully saturated rings. The van der Waals surface area contributed by atoms with Crippen molar-refractivity contribution in [3.63, 3.8) is 0 Å². The minimum Gasteiger partial charge on any atom is -0.440 e. The Morgan fingerprint density at radius 2 is 2.24 bits per heavy atom. The molecule has 17 heavy (non-hydrogen) atoms. The number of hydrogen-bond donors (Lipinski definition) is 1. The molecule has 1 N–H and O–H groups in total. The molecule has 1 rings (SSSR count). The molecule has 0 unspecified atom stereocenters. The van der Waals surface area contributed by atoms with Crippen molar-refractivity contribution in [3.8, 4) is 0 Å². The van der Waals surface area contributed by atoms with Crippen molar-refractivity contribution in [2.24, 2.45) is 7.05 Å². The van der Waals surface area contributed by atoms with Crippen molar-refractivity contribution < 1.29 is 22.7 Å². The minimum atomic E-state index is -4.51. The topological polar surface area (TPSA) is 56.1 Å². The number of ether oxygens (including phenoxy) is 1. The van der Waals surface area contributed by atoms with E-state index in [1.165, 1.54) is 6.20 Å². The zero-order chi connectivity index (χ0) is 13.1. The van der Waals surface area contributed by atoms with Gasteiger partial charge in [0.2, 0.25) is 0 Å². The van der Waals surface area contributed by atoms with Crippen LogP contribution in [0.2, 0.25) is 0 Å². The maximum absolute atomic E-state index is 11.7. The van der Waals surface area contributed by atoms with Gasteiger partial charge in [-0.1, -0.05) is 0 Å². The molecular formula is C9H12F3N3O2. The molecule has 0 saturated carbocycles. The van der Waals surface area contributed by atoms with Crippen LogP contribution in [0, 0.1) is 6.92 Å². The number of amides is 1. The van der Waals surface area contributed by atoms with Gasteiger partial charge in [0.05, 0.1) is 6.20 Å². The lowest BCUT2D eigenvalue weighted by Gasteiger charge is -2.08. The summed E-state index contributed by atoms with van der Waals surface area (Å²) in [6.07, 6.45) is -4.09. The lowest BCUT2D eigenvalue weighted by molar-refractivity contribution is -0.160. The summed E-state index contributed by atoms with van der Waals surface area (Å²) in [4.78, 5) is 10.9. The first-order chi connectivity index (χ1) is 7.79. The highest BCUT2D eigenvalue weighted by atomic mass is 19.4. The van der Waals surface area contributed by atoms with Crippen LogP contribution < -0.4 is 5.32 Å². The fourth-order valence-corrected chi connectivity index (χ4v) is 1.08. The second-order valence-corrected chi connectivity index (χ2v) is 3.42. The van der Waals surface area contributed by atoms with Crippen molar-refractivity contribution in [3.05, 3.63) is 17.5 Å². The van der Waals surface area contributed by atoms with Crippen LogP contribution in [0.1, 0.15) is 11.3 Å². The minimum absolute atomic E-state index is 0.0797. The Morgan fingerprint density at radius 1 is 1.59 bits per heavy atom. The largest absolute Gasteiger partial charge is 0.440 e. The average Bonchev–Trinajstić information content (AvgIpc) is 2.53. The highest BCUT2D eigenvalue weighted by Gasteiger charge is 2.29. The summed E-state index contributed by atoms with van der Waals surface area (Å²) in [5.74, 6) is 0. The fourth-order valence-electron chi connectivity index (χ4n) is 1.08. The van der Waals surface area contributed by atoms with E-state index in [9.17, 15) is 18.0 Å². The van der Waals surface area contributed by atoms with Crippen molar-refractivity contribution >= 4 is 6.09 Å². The number of nitrogens with one attached hydrogen (secondary N) is 1. The van der Waals surface area contributed by atoms with Crippen LogP contribution in [-0.2, 0) is 18.3 Å². The number of carbonyl (C=O) groups excluding carboxylic acids is 1. The average molecular weight is 251 g/mol. The molecule has 1 aromatic rings. The first-order valence-corrected chi connectivity index (χ1v) is 4.74. The molecule has 5 nitrogen and oxygen atoms in total. The monoisotopic (exact) mass is 251 g/mol. The van der Waals surface area contributed by atoms with Crippen LogP contribution in [-0.4, -0.2) is 28.7 Å². The van der Waals surface area contributed by atoms with E-state index in [1.54, 1.807) is 18.7 Å². The van der Waals surface area contributed by atoms with E-state index in [0.29, 0.717) is 0 Å². The van der Waals surface area contributed by atoms with Crippen molar-refractivity contribution in [1.29, 1.82) is 0 Å². The maximum Gasteiger partial charge on any atom is 0.422 e. The summed E-state index contributed by atoms with van der Waals surface area (Å²) >= 11 is 0. The van der Waals surface area contributed by atoms with Crippen LogP contribution in [0.4, 0.5) is 18.0 Å². The Morgan fingerprint density at radius 3 is 2.71 bits per heavy atom. The maximum atomic E-state index is 11.7. The molecule has 1 aromatic heterocycles. The molecule has 0 aromatic carbocycles. The van der Waals surface area contributed by atoms with Gasteiger partial charge in [-0.15, -0.1) is 0 Å². The summed E-state index contributed by atoms with van der Waals surface area (Å²) in [6, 6.07) is 0. The van der Waals surface area contributed by atoms with E-state index >= 15 is 0 Å². The number of alkyl carbamates (subject to hydrolysis) is 1. The van der Waals surface area contributed by atoms with E-state index in [2.05, 4.69) is 15.2 Å². The number of aryl methyl sites for hydroxylation is 1. The van der Waals surface area contributed by atoms with Crippen molar-refractivity contribution in [2.45, 2.75) is 19.6 Å². The standard InChI is InChI=1S/C9H12F3N3O2/c1-6-7(4-14-15(6)2)3-13-8(16)17-5-9(10,11)12/h4H,3,5H2,1-2H3,(H,13,16). The van der Waals surface area contributed by atoms with Gasteiger partial charge in [0.1, 0.15) is 0 Å². The molecule has 8 heteroatoms. The third-order valence-corrected chi connectivity index (χ3v) is 2.13. The van der Waals surface area contributed by atoms with Gasteiger partial charge in [0.25, 0.3) is 0 Å². The van der Waals surface area contributed by atoms with E-state index in [4.69, 9.17) is 0 Å². The number of halogens is 3. The fraction of sp³-hybridized carbons (Fsp3) is 0.556. The quantitative estimate of drug-likeness (QED) is 0.886. The van der Waals surface area contributed by atoms with E-state index < -0.39 is 18.9 Å². The molecule has 0 aliphatic heterocycles. The molecule has 1 amide bonds. The van der Waals surface area contributed by atoms with Gasteiger partial charge in [-0.3, -0.25) is 4.68 Å². The molecule has 1 heterocycles. The summed E-state index contributed by atoms with van der Waals surface area (Å²) in [5.41, 5.74) is 1.54. The Hall–Kier alpha value is -1.73. The Labute approximate surface area is 95.5 Å². The van der Waals surface area contributed by atoms with Crippen LogP contribution in [0.3, 0.4) is 0 Å². The normalized spacial score (nSPS) is 11.4. The first-order valence-electron chi connectivity index (χ1n) is 4.74. The second-order valence-electron chi connectivity index (χ2n) is 3.42. The molecule has 96 valence electrons. The predicted octanol–water partition coefficient (Wildman–Crippen LogP) is 1.52. The third-order valence-electron chi connectivity index (χ3n) is 2.13. The molecule has 0 atom stereocenters. The highest BCUT2D eigenvalue weighted by molar-refractivity contribution is 5.67. The number of nitrogens with zero attached hydrogens (tertiary/aromatic N) is 2. The smallest absolute Gasteiger partial charge is 0.422 e. The Balaban J connectivity index is 2.36. The number of alkyl halides is 3. The molecule has 0 bridgehead atoms.